The van der Waals surface area contributed by atoms with Crippen molar-refractivity contribution >= 4 is 5.97 Å². The number of aliphatic carboxylic acids is 1. The van der Waals surface area contributed by atoms with Crippen molar-refractivity contribution in [2.75, 3.05) is 6.61 Å². The molecule has 1 N–H and O–H groups in total. The molecule has 1 aliphatic rings. The number of rotatable bonds is 5. The van der Waals surface area contributed by atoms with Crippen molar-refractivity contribution in [3.63, 3.8) is 0 Å². The summed E-state index contributed by atoms with van der Waals surface area (Å²) in [7, 11) is 0. The molecule has 0 aliphatic carbocycles. The molecule has 0 aromatic heterocycles. The van der Waals surface area contributed by atoms with E-state index in [1.165, 1.54) is 11.1 Å². The summed E-state index contributed by atoms with van der Waals surface area (Å²) in [4.78, 5) is 10.6. The van der Waals surface area contributed by atoms with E-state index in [0.717, 1.165) is 0 Å². The van der Waals surface area contributed by atoms with Crippen molar-refractivity contribution < 1.29 is 19.4 Å². The van der Waals surface area contributed by atoms with Crippen molar-refractivity contribution in [3.8, 4) is 0 Å². The third kappa shape index (κ3) is 3.78. The Bertz CT molecular complexity index is 457. The molecule has 1 aromatic carbocycles. The fraction of sp³-hybridized carbons (Fsp3) is 0.533. The van der Waals surface area contributed by atoms with Gasteiger partial charge in [-0.25, -0.2) is 0 Å². The molecule has 1 fully saturated rings. The molecule has 0 saturated carbocycles. The maximum atomic E-state index is 10.6. The minimum absolute atomic E-state index is 0.120. The highest BCUT2D eigenvalue weighted by molar-refractivity contribution is 5.66. The van der Waals surface area contributed by atoms with Crippen LogP contribution in [0.15, 0.2) is 24.3 Å². The first kappa shape index (κ1) is 14.0. The predicted molar refractivity (Wildman–Crippen MR) is 71.0 cm³/mol. The first-order chi connectivity index (χ1) is 8.98. The van der Waals surface area contributed by atoms with Crippen LogP contribution in [-0.2, 0) is 20.7 Å². The summed E-state index contributed by atoms with van der Waals surface area (Å²) in [5.74, 6) is -1.44. The number of benzene rings is 1. The van der Waals surface area contributed by atoms with Gasteiger partial charge < -0.3 is 14.6 Å². The molecule has 2 atom stereocenters. The maximum Gasteiger partial charge on any atom is 0.303 e. The molecule has 4 heteroatoms. The van der Waals surface area contributed by atoms with Gasteiger partial charge in [0.2, 0.25) is 0 Å². The summed E-state index contributed by atoms with van der Waals surface area (Å²) in [5.41, 5.74) is 2.41. The minimum atomic E-state index is -0.795. The molecule has 1 aromatic rings. The van der Waals surface area contributed by atoms with Gasteiger partial charge in [-0.3, -0.25) is 4.79 Å². The molecule has 1 saturated heterocycles. The van der Waals surface area contributed by atoms with Gasteiger partial charge in [0, 0.05) is 12.8 Å². The SMILES string of the molecule is Cc1ccccc1CC1(C)OCC(CCC(=O)O)O1. The molecular formula is C15H20O4. The summed E-state index contributed by atoms with van der Waals surface area (Å²) in [6.45, 7) is 4.45. The molecule has 0 spiro atoms. The highest BCUT2D eigenvalue weighted by Gasteiger charge is 2.37. The molecule has 19 heavy (non-hydrogen) atoms. The third-order valence-electron chi connectivity index (χ3n) is 3.44. The van der Waals surface area contributed by atoms with E-state index < -0.39 is 11.8 Å². The standard InChI is InChI=1S/C15H20O4/c1-11-5-3-4-6-12(11)9-15(2)18-10-13(19-15)7-8-14(16)17/h3-6,13H,7-10H2,1-2H3,(H,16,17). The van der Waals surface area contributed by atoms with E-state index >= 15 is 0 Å². The van der Waals surface area contributed by atoms with Gasteiger partial charge in [0.15, 0.2) is 5.79 Å². The van der Waals surface area contributed by atoms with Crippen LogP contribution in [0.1, 0.15) is 30.9 Å². The summed E-state index contributed by atoms with van der Waals surface area (Å²) in [5, 5.41) is 8.68. The van der Waals surface area contributed by atoms with Gasteiger partial charge in [0.05, 0.1) is 12.7 Å². The van der Waals surface area contributed by atoms with E-state index in [4.69, 9.17) is 14.6 Å². The lowest BCUT2D eigenvalue weighted by Crippen LogP contribution is -2.30. The Balaban J connectivity index is 1.94. The molecule has 1 aliphatic heterocycles. The van der Waals surface area contributed by atoms with Gasteiger partial charge in [0.1, 0.15) is 0 Å². The number of aryl methyl sites for hydroxylation is 1. The lowest BCUT2D eigenvalue weighted by Gasteiger charge is -2.24. The second-order valence-electron chi connectivity index (χ2n) is 5.22. The lowest BCUT2D eigenvalue weighted by molar-refractivity contribution is -0.155. The fourth-order valence-corrected chi connectivity index (χ4v) is 2.36. The number of hydrogen-bond acceptors (Lipinski definition) is 3. The minimum Gasteiger partial charge on any atom is -0.481 e. The zero-order chi connectivity index (χ0) is 13.9. The van der Waals surface area contributed by atoms with Gasteiger partial charge in [-0.1, -0.05) is 24.3 Å². The van der Waals surface area contributed by atoms with E-state index in [0.29, 0.717) is 19.4 Å². The second kappa shape index (κ2) is 5.72. The van der Waals surface area contributed by atoms with Gasteiger partial charge in [0.25, 0.3) is 0 Å². The van der Waals surface area contributed by atoms with Crippen LogP contribution >= 0.6 is 0 Å². The first-order valence-electron chi connectivity index (χ1n) is 6.56. The second-order valence-corrected chi connectivity index (χ2v) is 5.22. The maximum absolute atomic E-state index is 10.6. The number of ether oxygens (including phenoxy) is 2. The smallest absolute Gasteiger partial charge is 0.303 e. The van der Waals surface area contributed by atoms with Crippen molar-refractivity contribution in [2.45, 2.75) is 45.0 Å². The average Bonchev–Trinajstić information content (AvgIpc) is 2.72. The van der Waals surface area contributed by atoms with Gasteiger partial charge >= 0.3 is 5.97 Å². The Labute approximate surface area is 113 Å². The number of carboxylic acid groups (broad SMARTS) is 1. The van der Waals surface area contributed by atoms with Crippen LogP contribution in [0, 0.1) is 6.92 Å². The van der Waals surface area contributed by atoms with Crippen LogP contribution in [0.2, 0.25) is 0 Å². The van der Waals surface area contributed by atoms with Crippen molar-refractivity contribution in [1.29, 1.82) is 0 Å². The topological polar surface area (TPSA) is 55.8 Å². The van der Waals surface area contributed by atoms with Crippen LogP contribution < -0.4 is 0 Å². The first-order valence-corrected chi connectivity index (χ1v) is 6.56. The zero-order valence-electron chi connectivity index (χ0n) is 11.4. The molecule has 0 amide bonds. The number of hydrogen-bond donors (Lipinski definition) is 1. The Morgan fingerprint density at radius 1 is 1.47 bits per heavy atom. The molecular weight excluding hydrogens is 244 g/mol. The monoisotopic (exact) mass is 264 g/mol. The van der Waals surface area contributed by atoms with E-state index in [1.807, 2.05) is 19.1 Å². The van der Waals surface area contributed by atoms with Crippen molar-refractivity contribution in [1.82, 2.24) is 0 Å². The largest absolute Gasteiger partial charge is 0.481 e. The average molecular weight is 264 g/mol. The quantitative estimate of drug-likeness (QED) is 0.888. The zero-order valence-corrected chi connectivity index (χ0v) is 11.4. The Kier molecular flexibility index (Phi) is 4.22. The van der Waals surface area contributed by atoms with Crippen LogP contribution in [0.5, 0.6) is 0 Å². The Morgan fingerprint density at radius 3 is 2.89 bits per heavy atom. The molecule has 2 rings (SSSR count). The summed E-state index contributed by atoms with van der Waals surface area (Å²) >= 11 is 0. The normalized spacial score (nSPS) is 26.5. The summed E-state index contributed by atoms with van der Waals surface area (Å²) in [6, 6.07) is 8.14. The van der Waals surface area contributed by atoms with E-state index in [1.54, 1.807) is 0 Å². The predicted octanol–water partition coefficient (Wildman–Crippen LogP) is 2.53. The molecule has 104 valence electrons. The van der Waals surface area contributed by atoms with E-state index in [-0.39, 0.29) is 12.5 Å². The number of carboxylic acids is 1. The lowest BCUT2D eigenvalue weighted by atomic mass is 10.0. The fourth-order valence-electron chi connectivity index (χ4n) is 2.36. The summed E-state index contributed by atoms with van der Waals surface area (Å²) in [6.07, 6.45) is 1.18. The molecule has 1 heterocycles. The van der Waals surface area contributed by atoms with Gasteiger partial charge in [-0.15, -0.1) is 0 Å². The molecule has 4 nitrogen and oxygen atoms in total. The Hall–Kier alpha value is -1.39. The van der Waals surface area contributed by atoms with Crippen molar-refractivity contribution in [2.24, 2.45) is 0 Å². The molecule has 0 bridgehead atoms. The van der Waals surface area contributed by atoms with Crippen LogP contribution in [0.4, 0.5) is 0 Å². The van der Waals surface area contributed by atoms with Crippen LogP contribution in [0.25, 0.3) is 0 Å². The van der Waals surface area contributed by atoms with Crippen molar-refractivity contribution in [3.05, 3.63) is 35.4 Å². The van der Waals surface area contributed by atoms with E-state index in [9.17, 15) is 4.79 Å². The molecule has 0 radical (unpaired) electrons. The van der Waals surface area contributed by atoms with Gasteiger partial charge in [-0.2, -0.15) is 0 Å². The third-order valence-corrected chi connectivity index (χ3v) is 3.44. The Morgan fingerprint density at radius 2 is 2.21 bits per heavy atom. The highest BCUT2D eigenvalue weighted by atomic mass is 16.7. The molecule has 2 unspecified atom stereocenters. The number of carbonyl (C=O) groups is 1. The van der Waals surface area contributed by atoms with Crippen LogP contribution in [-0.4, -0.2) is 29.6 Å². The van der Waals surface area contributed by atoms with Crippen LogP contribution in [0.3, 0.4) is 0 Å². The van der Waals surface area contributed by atoms with E-state index in [2.05, 4.69) is 19.1 Å². The van der Waals surface area contributed by atoms with Gasteiger partial charge in [-0.05, 0) is 31.4 Å². The highest BCUT2D eigenvalue weighted by Crippen LogP contribution is 2.30. The summed E-state index contributed by atoms with van der Waals surface area (Å²) < 4.78 is 11.6.